The minimum atomic E-state index is -0.855. The van der Waals surface area contributed by atoms with Gasteiger partial charge in [-0.2, -0.15) is 0 Å². The van der Waals surface area contributed by atoms with E-state index < -0.39 is 5.97 Å². The lowest BCUT2D eigenvalue weighted by molar-refractivity contribution is -0.138. The maximum Gasteiger partial charge on any atom is 0.305 e. The molecule has 1 atom stereocenters. The molecule has 2 aromatic heterocycles. The Morgan fingerprint density at radius 2 is 2.14 bits per heavy atom. The highest BCUT2D eigenvalue weighted by molar-refractivity contribution is 7.09. The van der Waals surface area contributed by atoms with Crippen molar-refractivity contribution in [3.05, 3.63) is 5.69 Å². The molecule has 2 rings (SSSR count). The van der Waals surface area contributed by atoms with Gasteiger partial charge in [0.25, 0.3) is 0 Å². The minimum absolute atomic E-state index is 0.00121. The summed E-state index contributed by atoms with van der Waals surface area (Å²) in [5.41, 5.74) is 0.865. The Hall–Kier alpha value is -1.90. The number of hydrogen-bond acceptors (Lipinski definition) is 7. The topological polar surface area (TPSA) is 107 Å². The van der Waals surface area contributed by atoms with Gasteiger partial charge in [0.05, 0.1) is 18.2 Å². The van der Waals surface area contributed by atoms with Crippen LogP contribution in [0.4, 0.5) is 0 Å². The summed E-state index contributed by atoms with van der Waals surface area (Å²) in [6.07, 6.45) is 3.32. The summed E-state index contributed by atoms with van der Waals surface area (Å²) in [6, 6.07) is -0.255. The molecule has 0 bridgehead atoms. The molecule has 114 valence electrons. The largest absolute Gasteiger partial charge is 0.481 e. The zero-order valence-electron chi connectivity index (χ0n) is 12.1. The number of aryl methyl sites for hydroxylation is 1. The maximum atomic E-state index is 11.0. The van der Waals surface area contributed by atoms with E-state index in [1.807, 2.05) is 6.92 Å². The quantitative estimate of drug-likeness (QED) is 0.794. The van der Waals surface area contributed by atoms with Crippen LogP contribution >= 0.6 is 11.5 Å². The van der Waals surface area contributed by atoms with Crippen LogP contribution in [-0.4, -0.2) is 40.9 Å². The third-order valence-electron chi connectivity index (χ3n) is 3.12. The number of hydrogen-bond donors (Lipinski definition) is 1. The summed E-state index contributed by atoms with van der Waals surface area (Å²) in [4.78, 5) is 11.9. The van der Waals surface area contributed by atoms with Gasteiger partial charge in [0.1, 0.15) is 4.88 Å². The van der Waals surface area contributed by atoms with E-state index in [1.165, 1.54) is 11.5 Å². The molecule has 2 aromatic rings. The highest BCUT2D eigenvalue weighted by Crippen LogP contribution is 2.28. The van der Waals surface area contributed by atoms with Crippen molar-refractivity contribution < 1.29 is 9.90 Å². The molecular formula is C12H18N6O2S. The number of aliphatic carboxylic acids is 1. The van der Waals surface area contributed by atoms with E-state index in [0.717, 1.165) is 29.8 Å². The Morgan fingerprint density at radius 3 is 2.81 bits per heavy atom. The van der Waals surface area contributed by atoms with Gasteiger partial charge in [0, 0.05) is 0 Å². The average molecular weight is 310 g/mol. The van der Waals surface area contributed by atoms with Crippen LogP contribution < -0.4 is 0 Å². The number of carbonyl (C=O) groups is 1. The summed E-state index contributed by atoms with van der Waals surface area (Å²) in [5, 5.41) is 24.9. The lowest BCUT2D eigenvalue weighted by atomic mass is 10.1. The van der Waals surface area contributed by atoms with Gasteiger partial charge in [-0.1, -0.05) is 31.2 Å². The second-order valence-corrected chi connectivity index (χ2v) is 5.54. The molecule has 0 amide bonds. The molecule has 8 nitrogen and oxygen atoms in total. The molecule has 0 aliphatic heterocycles. The summed E-state index contributed by atoms with van der Waals surface area (Å²) in [5.74, 6) is -0.292. The standard InChI is InChI=1S/C12H18N6O2S/c1-3-5-8(7-10(19)20)18-12(14-15-16-18)11-9(6-4-2)13-17-21-11/h8H,3-7H2,1-2H3,(H,19,20). The third-order valence-corrected chi connectivity index (χ3v) is 3.88. The lowest BCUT2D eigenvalue weighted by Gasteiger charge is -2.15. The normalized spacial score (nSPS) is 12.5. The second kappa shape index (κ2) is 7.21. The Bertz CT molecular complexity index is 596. The molecule has 1 unspecified atom stereocenters. The fourth-order valence-electron chi connectivity index (χ4n) is 2.21. The number of rotatable bonds is 8. The number of tetrazole rings is 1. The summed E-state index contributed by atoms with van der Waals surface area (Å²) < 4.78 is 5.57. The van der Waals surface area contributed by atoms with Gasteiger partial charge in [0.15, 0.2) is 5.82 Å². The van der Waals surface area contributed by atoms with Gasteiger partial charge >= 0.3 is 5.97 Å². The molecular weight excluding hydrogens is 292 g/mol. The first kappa shape index (κ1) is 15.5. The van der Waals surface area contributed by atoms with Crippen molar-refractivity contribution in [2.45, 2.75) is 52.0 Å². The first-order valence-electron chi connectivity index (χ1n) is 6.98. The molecule has 2 heterocycles. The van der Waals surface area contributed by atoms with E-state index >= 15 is 0 Å². The van der Waals surface area contributed by atoms with Crippen LogP contribution in [-0.2, 0) is 11.2 Å². The molecule has 0 fully saturated rings. The Kier molecular flexibility index (Phi) is 5.32. The first-order chi connectivity index (χ1) is 10.2. The van der Waals surface area contributed by atoms with Crippen LogP contribution in [0.5, 0.6) is 0 Å². The fraction of sp³-hybridized carbons (Fsp3) is 0.667. The molecule has 9 heteroatoms. The fourth-order valence-corrected chi connectivity index (χ4v) is 2.90. The van der Waals surface area contributed by atoms with E-state index in [1.54, 1.807) is 4.68 Å². The van der Waals surface area contributed by atoms with Crippen LogP contribution in [0.1, 0.15) is 51.3 Å². The first-order valence-corrected chi connectivity index (χ1v) is 7.75. The van der Waals surface area contributed by atoms with E-state index in [9.17, 15) is 4.79 Å². The van der Waals surface area contributed by atoms with E-state index in [4.69, 9.17) is 5.11 Å². The van der Waals surface area contributed by atoms with Crippen molar-refractivity contribution in [1.82, 2.24) is 29.8 Å². The lowest BCUT2D eigenvalue weighted by Crippen LogP contribution is -2.16. The number of carboxylic acid groups (broad SMARTS) is 1. The molecule has 0 aliphatic carbocycles. The van der Waals surface area contributed by atoms with Crippen LogP contribution in [0.2, 0.25) is 0 Å². The van der Waals surface area contributed by atoms with Gasteiger partial charge in [-0.3, -0.25) is 4.79 Å². The Balaban J connectivity index is 2.35. The van der Waals surface area contributed by atoms with Gasteiger partial charge in [0.2, 0.25) is 0 Å². The molecule has 1 N–H and O–H groups in total. The van der Waals surface area contributed by atoms with Gasteiger partial charge in [-0.15, -0.1) is 10.2 Å². The highest BCUT2D eigenvalue weighted by Gasteiger charge is 2.23. The maximum absolute atomic E-state index is 11.0. The van der Waals surface area contributed by atoms with Crippen LogP contribution in [0, 0.1) is 0 Å². The van der Waals surface area contributed by atoms with Crippen LogP contribution in [0.15, 0.2) is 0 Å². The molecule has 0 radical (unpaired) electrons. The van der Waals surface area contributed by atoms with Crippen molar-refractivity contribution >= 4 is 17.5 Å². The SMILES string of the molecule is CCCc1nnsc1-c1nnnn1C(CCC)CC(=O)O. The molecule has 0 saturated heterocycles. The predicted octanol–water partition coefficient (Wildman–Crippen LogP) is 1.96. The molecule has 21 heavy (non-hydrogen) atoms. The molecule has 0 spiro atoms. The van der Waals surface area contributed by atoms with Gasteiger partial charge < -0.3 is 5.11 Å². The third kappa shape index (κ3) is 3.60. The summed E-state index contributed by atoms with van der Waals surface area (Å²) in [7, 11) is 0. The van der Waals surface area contributed by atoms with Gasteiger partial charge in [-0.05, 0) is 34.8 Å². The molecule has 0 aromatic carbocycles. The zero-order valence-corrected chi connectivity index (χ0v) is 12.9. The summed E-state index contributed by atoms with van der Waals surface area (Å²) >= 11 is 1.24. The van der Waals surface area contributed by atoms with E-state index in [-0.39, 0.29) is 12.5 Å². The van der Waals surface area contributed by atoms with Crippen molar-refractivity contribution in [3.8, 4) is 10.7 Å². The van der Waals surface area contributed by atoms with Gasteiger partial charge in [-0.25, -0.2) is 4.68 Å². The number of carboxylic acids is 1. The van der Waals surface area contributed by atoms with Crippen molar-refractivity contribution in [2.24, 2.45) is 0 Å². The minimum Gasteiger partial charge on any atom is -0.481 e. The number of nitrogens with zero attached hydrogens (tertiary/aromatic N) is 6. The zero-order chi connectivity index (χ0) is 15.2. The van der Waals surface area contributed by atoms with Crippen LogP contribution in [0.25, 0.3) is 10.7 Å². The predicted molar refractivity (Wildman–Crippen MR) is 76.9 cm³/mol. The summed E-state index contributed by atoms with van der Waals surface area (Å²) in [6.45, 7) is 4.08. The van der Waals surface area contributed by atoms with Crippen LogP contribution in [0.3, 0.4) is 0 Å². The second-order valence-electron chi connectivity index (χ2n) is 4.79. The van der Waals surface area contributed by atoms with E-state index in [0.29, 0.717) is 12.2 Å². The van der Waals surface area contributed by atoms with Crippen molar-refractivity contribution in [2.75, 3.05) is 0 Å². The molecule has 0 saturated carbocycles. The molecule has 0 aliphatic rings. The monoisotopic (exact) mass is 310 g/mol. The Labute approximate surface area is 126 Å². The smallest absolute Gasteiger partial charge is 0.305 e. The Morgan fingerprint density at radius 1 is 1.33 bits per heavy atom. The van der Waals surface area contributed by atoms with Crippen molar-refractivity contribution in [3.63, 3.8) is 0 Å². The average Bonchev–Trinajstić information content (AvgIpc) is 3.06. The van der Waals surface area contributed by atoms with Crippen molar-refractivity contribution in [1.29, 1.82) is 0 Å². The number of aromatic nitrogens is 6. The highest BCUT2D eigenvalue weighted by atomic mass is 32.1. The van der Waals surface area contributed by atoms with E-state index in [2.05, 4.69) is 32.0 Å².